The zero-order valence-electron chi connectivity index (χ0n) is 25.4. The van der Waals surface area contributed by atoms with E-state index in [1.807, 2.05) is 36.1 Å². The maximum Gasteiger partial charge on any atom is 0.255 e. The van der Waals surface area contributed by atoms with Crippen LogP contribution in [0.2, 0.25) is 0 Å². The van der Waals surface area contributed by atoms with Gasteiger partial charge in [-0.15, -0.1) is 0 Å². The molecule has 4 aliphatic carbocycles. The van der Waals surface area contributed by atoms with Gasteiger partial charge in [0, 0.05) is 35.1 Å². The van der Waals surface area contributed by atoms with Gasteiger partial charge in [0.05, 0.1) is 11.7 Å². The normalized spacial score (nSPS) is 28.7. The van der Waals surface area contributed by atoms with Gasteiger partial charge in [0.1, 0.15) is 6.04 Å². The van der Waals surface area contributed by atoms with Crippen LogP contribution in [0.15, 0.2) is 78.9 Å². The molecule has 4 bridgehead atoms. The predicted molar refractivity (Wildman–Crippen MR) is 170 cm³/mol. The molecule has 3 atom stereocenters. The number of hydrogen-bond donors (Lipinski definition) is 1. The molecule has 2 amide bonds. The Morgan fingerprint density at radius 1 is 0.837 bits per heavy atom. The second-order valence-electron chi connectivity index (χ2n) is 14.1. The predicted octanol–water partition coefficient (Wildman–Crippen LogP) is 7.50. The summed E-state index contributed by atoms with van der Waals surface area (Å²) in [6.45, 7) is 4.15. The number of aryl methyl sites for hydroxylation is 1. The topological polar surface area (TPSA) is 54.3 Å². The van der Waals surface area contributed by atoms with E-state index in [9.17, 15) is 9.59 Å². The van der Waals surface area contributed by atoms with Crippen LogP contribution in [0.5, 0.6) is 0 Å². The fourth-order valence-electron chi connectivity index (χ4n) is 10.00. The first-order chi connectivity index (χ1) is 20.8. The van der Waals surface area contributed by atoms with Crippen LogP contribution in [-0.2, 0) is 11.8 Å². The Kier molecular flexibility index (Phi) is 6.12. The summed E-state index contributed by atoms with van der Waals surface area (Å²) in [5, 5.41) is 4.59. The number of nitrogens with zero attached hydrogens (tertiary/aromatic N) is 2. The summed E-state index contributed by atoms with van der Waals surface area (Å²) in [6, 6.07) is 25.9. The van der Waals surface area contributed by atoms with Crippen molar-refractivity contribution in [3.05, 3.63) is 95.6 Å². The monoisotopic (exact) mass is 571 g/mol. The molecule has 1 N–H and O–H groups in total. The third kappa shape index (κ3) is 4.03. The quantitative estimate of drug-likeness (QED) is 0.261. The van der Waals surface area contributed by atoms with Gasteiger partial charge in [-0.1, -0.05) is 66.7 Å². The number of fused-ring (bicyclic) bond motifs is 2. The third-order valence-electron chi connectivity index (χ3n) is 11.6. The van der Waals surface area contributed by atoms with Crippen LogP contribution in [0.3, 0.4) is 0 Å². The molecular weight excluding hydrogens is 530 g/mol. The molecule has 3 aromatic carbocycles. The Labute approximate surface area is 254 Å². The highest BCUT2D eigenvalue weighted by Crippen LogP contribution is 2.61. The number of hydrogen-bond acceptors (Lipinski definition) is 2. The van der Waals surface area contributed by atoms with Crippen LogP contribution >= 0.6 is 0 Å². The minimum Gasteiger partial charge on any atom is -0.351 e. The number of amides is 2. The summed E-state index contributed by atoms with van der Waals surface area (Å²) < 4.78 is 2.24. The van der Waals surface area contributed by atoms with Crippen molar-refractivity contribution in [2.24, 2.45) is 30.2 Å². The van der Waals surface area contributed by atoms with E-state index in [0.717, 1.165) is 51.0 Å². The van der Waals surface area contributed by atoms with Gasteiger partial charge < -0.3 is 14.8 Å². The molecule has 1 aliphatic heterocycles. The lowest BCUT2D eigenvalue weighted by Gasteiger charge is -2.59. The number of nitrogens with one attached hydrogen (secondary N) is 1. The Bertz CT molecular complexity index is 1700. The Hall–Kier alpha value is -3.86. The number of para-hydroxylation sites is 1. The van der Waals surface area contributed by atoms with Crippen LogP contribution in [0.25, 0.3) is 22.2 Å². The zero-order valence-corrected chi connectivity index (χ0v) is 25.4. The fourth-order valence-corrected chi connectivity index (χ4v) is 10.00. The lowest BCUT2D eigenvalue weighted by atomic mass is 9.48. The first-order valence-electron chi connectivity index (χ1n) is 16.2. The first-order valence-corrected chi connectivity index (χ1v) is 16.2. The molecule has 4 saturated carbocycles. The minimum atomic E-state index is -0.621. The molecule has 220 valence electrons. The van der Waals surface area contributed by atoms with E-state index in [1.54, 1.807) is 0 Å². The van der Waals surface area contributed by atoms with E-state index >= 15 is 0 Å². The molecule has 1 aromatic heterocycles. The zero-order chi connectivity index (χ0) is 29.5. The lowest BCUT2D eigenvalue weighted by Crippen LogP contribution is -2.58. The molecule has 0 saturated heterocycles. The Morgan fingerprint density at radius 3 is 2.14 bits per heavy atom. The minimum absolute atomic E-state index is 0.0455. The van der Waals surface area contributed by atoms with Gasteiger partial charge >= 0.3 is 0 Å². The Morgan fingerprint density at radius 2 is 1.44 bits per heavy atom. The van der Waals surface area contributed by atoms with Gasteiger partial charge in [-0.25, -0.2) is 0 Å². The van der Waals surface area contributed by atoms with Crippen molar-refractivity contribution in [3.8, 4) is 11.3 Å². The van der Waals surface area contributed by atoms with Gasteiger partial charge in [-0.3, -0.25) is 9.59 Å². The molecule has 43 heavy (non-hydrogen) atoms. The molecule has 3 unspecified atom stereocenters. The van der Waals surface area contributed by atoms with Gasteiger partial charge in [0.2, 0.25) is 5.91 Å². The Balaban J connectivity index is 1.20. The standard InChI is InChI=1S/C38H41N3O2/c1-23(36(42)39-24(2)38-20-25-17-26(21-38)19-27(18-25)22-38)41-35(29-13-7-8-14-30(29)37(41)43)33-31-15-9-10-16-32(31)40(3)34(33)28-11-5-4-6-12-28/h4-16,23-27,35H,17-22H2,1-3H3,(H,39,42). The van der Waals surface area contributed by atoms with Crippen LogP contribution in [0.1, 0.15) is 79.9 Å². The van der Waals surface area contributed by atoms with E-state index in [0.29, 0.717) is 5.56 Å². The van der Waals surface area contributed by atoms with E-state index in [2.05, 4.69) is 78.5 Å². The molecule has 0 spiro atoms. The average Bonchev–Trinajstić information content (AvgIpc) is 3.47. The molecule has 5 aliphatic rings. The molecule has 2 heterocycles. The van der Waals surface area contributed by atoms with Crippen molar-refractivity contribution >= 4 is 22.7 Å². The molecule has 4 fully saturated rings. The number of carbonyl (C=O) groups is 2. The van der Waals surface area contributed by atoms with Crippen molar-refractivity contribution in [1.29, 1.82) is 0 Å². The van der Waals surface area contributed by atoms with E-state index in [4.69, 9.17) is 0 Å². The SMILES string of the molecule is CC(C(=O)NC(C)C12CC3CC(CC(C3)C1)C2)N1C(=O)c2ccccc2C1c1c(-c2ccccc2)n(C)c2ccccc12. The van der Waals surface area contributed by atoms with Gasteiger partial charge in [0.25, 0.3) is 5.91 Å². The summed E-state index contributed by atoms with van der Waals surface area (Å²) in [7, 11) is 2.10. The highest BCUT2D eigenvalue weighted by Gasteiger charge is 2.54. The summed E-state index contributed by atoms with van der Waals surface area (Å²) in [5.41, 5.74) is 6.23. The number of carbonyl (C=O) groups excluding carboxylic acids is 2. The lowest BCUT2D eigenvalue weighted by molar-refractivity contribution is -0.130. The molecule has 9 rings (SSSR count). The smallest absolute Gasteiger partial charge is 0.255 e. The number of aromatic nitrogens is 1. The molecule has 4 aromatic rings. The average molecular weight is 572 g/mol. The highest BCUT2D eigenvalue weighted by molar-refractivity contribution is 6.04. The molecule has 5 heteroatoms. The second kappa shape index (κ2) is 9.83. The molecule has 0 radical (unpaired) electrons. The van der Waals surface area contributed by atoms with Crippen molar-refractivity contribution in [1.82, 2.24) is 14.8 Å². The third-order valence-corrected chi connectivity index (χ3v) is 11.6. The van der Waals surface area contributed by atoms with Crippen LogP contribution in [0, 0.1) is 23.2 Å². The highest BCUT2D eigenvalue weighted by atomic mass is 16.2. The van der Waals surface area contributed by atoms with Crippen molar-refractivity contribution in [3.63, 3.8) is 0 Å². The van der Waals surface area contributed by atoms with Crippen LogP contribution in [-0.4, -0.2) is 33.4 Å². The van der Waals surface area contributed by atoms with E-state index in [1.165, 1.54) is 38.5 Å². The first kappa shape index (κ1) is 26.7. The summed E-state index contributed by atoms with van der Waals surface area (Å²) >= 11 is 0. The maximum atomic E-state index is 14.3. The van der Waals surface area contributed by atoms with Gasteiger partial charge in [-0.05, 0) is 98.8 Å². The van der Waals surface area contributed by atoms with Crippen LogP contribution < -0.4 is 5.32 Å². The number of rotatable bonds is 6. The van der Waals surface area contributed by atoms with E-state index in [-0.39, 0.29) is 29.3 Å². The van der Waals surface area contributed by atoms with E-state index < -0.39 is 6.04 Å². The maximum absolute atomic E-state index is 14.3. The summed E-state index contributed by atoms with van der Waals surface area (Å²) in [4.78, 5) is 30.3. The fraction of sp³-hybridized carbons (Fsp3) is 0.421. The van der Waals surface area contributed by atoms with Crippen molar-refractivity contribution in [2.45, 2.75) is 70.5 Å². The van der Waals surface area contributed by atoms with Gasteiger partial charge in [0.15, 0.2) is 0 Å². The van der Waals surface area contributed by atoms with Crippen molar-refractivity contribution in [2.75, 3.05) is 0 Å². The molecular formula is C38H41N3O2. The summed E-state index contributed by atoms with van der Waals surface area (Å²) in [5.74, 6) is 2.35. The second-order valence-corrected chi connectivity index (χ2v) is 14.1. The van der Waals surface area contributed by atoms with Gasteiger partial charge in [-0.2, -0.15) is 0 Å². The van der Waals surface area contributed by atoms with Crippen LogP contribution in [0.4, 0.5) is 0 Å². The number of benzene rings is 3. The molecule has 5 nitrogen and oxygen atoms in total. The summed E-state index contributed by atoms with van der Waals surface area (Å²) in [6.07, 6.45) is 7.86. The van der Waals surface area contributed by atoms with Crippen molar-refractivity contribution < 1.29 is 9.59 Å². The largest absolute Gasteiger partial charge is 0.351 e.